The highest BCUT2D eigenvalue weighted by atomic mass is 15.1. The number of nitriles is 1. The average molecular weight is 214 g/mol. The number of nitrogens with one attached hydrogen (secondary N) is 2. The fourth-order valence-electron chi connectivity index (χ4n) is 1.26. The molecule has 0 aromatic carbocycles. The van der Waals surface area contributed by atoms with E-state index in [0.29, 0.717) is 18.1 Å². The van der Waals surface area contributed by atoms with Gasteiger partial charge in [-0.15, -0.1) is 0 Å². The first-order chi connectivity index (χ1) is 7.79. The van der Waals surface area contributed by atoms with Gasteiger partial charge < -0.3 is 11.1 Å². The van der Waals surface area contributed by atoms with Gasteiger partial charge in [-0.05, 0) is 12.1 Å². The van der Waals surface area contributed by atoms with Gasteiger partial charge in [-0.1, -0.05) is 0 Å². The Labute approximate surface area is 92.1 Å². The number of nitrogens with zero attached hydrogens (tertiary/aromatic N) is 3. The van der Waals surface area contributed by atoms with E-state index in [1.54, 1.807) is 24.5 Å². The van der Waals surface area contributed by atoms with Crippen LogP contribution < -0.4 is 11.1 Å². The number of H-pyrrole nitrogens is 1. The van der Waals surface area contributed by atoms with Crippen LogP contribution >= 0.6 is 0 Å². The molecular formula is C10H10N6. The first-order valence-corrected chi connectivity index (χ1v) is 4.67. The Kier molecular flexibility index (Phi) is 2.69. The number of rotatable bonds is 3. The van der Waals surface area contributed by atoms with E-state index in [2.05, 4.69) is 20.5 Å². The van der Waals surface area contributed by atoms with E-state index >= 15 is 0 Å². The summed E-state index contributed by atoms with van der Waals surface area (Å²) in [6.07, 6.45) is 3.24. The predicted octanol–water partition coefficient (Wildman–Crippen LogP) is 0.871. The van der Waals surface area contributed by atoms with Crippen LogP contribution in [-0.2, 0) is 6.54 Å². The predicted molar refractivity (Wildman–Crippen MR) is 59.3 cm³/mol. The zero-order valence-corrected chi connectivity index (χ0v) is 8.44. The number of hydrogen-bond donors (Lipinski definition) is 3. The molecule has 4 N–H and O–H groups in total. The lowest BCUT2D eigenvalue weighted by molar-refractivity contribution is 1.10. The minimum atomic E-state index is 0.380. The van der Waals surface area contributed by atoms with E-state index in [1.165, 1.54) is 0 Å². The van der Waals surface area contributed by atoms with Gasteiger partial charge in [0.2, 0.25) is 0 Å². The lowest BCUT2D eigenvalue weighted by atomic mass is 10.3. The number of aromatic nitrogens is 3. The molecule has 16 heavy (non-hydrogen) atoms. The molecule has 0 aliphatic heterocycles. The van der Waals surface area contributed by atoms with Crippen LogP contribution in [0.5, 0.6) is 0 Å². The zero-order chi connectivity index (χ0) is 11.4. The van der Waals surface area contributed by atoms with Crippen molar-refractivity contribution in [3.63, 3.8) is 0 Å². The molecule has 0 aliphatic carbocycles. The molecule has 80 valence electrons. The number of nitrogens with two attached hydrogens (primary N) is 1. The zero-order valence-electron chi connectivity index (χ0n) is 8.44. The second kappa shape index (κ2) is 4.31. The molecule has 0 spiro atoms. The monoisotopic (exact) mass is 214 g/mol. The Morgan fingerprint density at radius 2 is 2.44 bits per heavy atom. The van der Waals surface area contributed by atoms with Gasteiger partial charge in [-0.2, -0.15) is 10.4 Å². The van der Waals surface area contributed by atoms with E-state index in [-0.39, 0.29) is 0 Å². The molecule has 2 aromatic heterocycles. The summed E-state index contributed by atoms with van der Waals surface area (Å²) in [6, 6.07) is 5.44. The van der Waals surface area contributed by atoms with E-state index in [0.717, 1.165) is 11.3 Å². The van der Waals surface area contributed by atoms with Crippen LogP contribution in [0, 0.1) is 11.3 Å². The van der Waals surface area contributed by atoms with Crippen molar-refractivity contribution in [2.45, 2.75) is 6.54 Å². The van der Waals surface area contributed by atoms with Gasteiger partial charge in [0, 0.05) is 24.0 Å². The third-order valence-corrected chi connectivity index (χ3v) is 2.11. The largest absolute Gasteiger partial charge is 0.384 e. The highest BCUT2D eigenvalue weighted by molar-refractivity contribution is 5.48. The maximum atomic E-state index is 8.68. The topological polar surface area (TPSA) is 103 Å². The summed E-state index contributed by atoms with van der Waals surface area (Å²) in [7, 11) is 0. The number of hydrogen-bond acceptors (Lipinski definition) is 5. The molecule has 2 heterocycles. The molecule has 6 nitrogen and oxygen atoms in total. The lowest BCUT2D eigenvalue weighted by Gasteiger charge is -2.04. The van der Waals surface area contributed by atoms with Gasteiger partial charge in [0.25, 0.3) is 0 Å². The second-order valence-electron chi connectivity index (χ2n) is 3.20. The third kappa shape index (κ3) is 2.09. The van der Waals surface area contributed by atoms with Gasteiger partial charge in [-0.25, -0.2) is 4.98 Å². The Balaban J connectivity index is 2.05. The average Bonchev–Trinajstić information content (AvgIpc) is 2.72. The minimum absolute atomic E-state index is 0.380. The second-order valence-corrected chi connectivity index (χ2v) is 3.20. The number of pyridine rings is 1. The standard InChI is InChI=1S/C10H10N6/c11-4-9-3-8(1-2-13-9)14-5-7-6-15-16-10(7)12/h1-3,6H,5H2,(H,13,14)(H3,12,15,16). The minimum Gasteiger partial charge on any atom is -0.384 e. The van der Waals surface area contributed by atoms with Crippen molar-refractivity contribution < 1.29 is 0 Å². The summed E-state index contributed by atoms with van der Waals surface area (Å²) in [6.45, 7) is 0.553. The molecule has 0 bridgehead atoms. The van der Waals surface area contributed by atoms with Crippen LogP contribution in [0.1, 0.15) is 11.3 Å². The Hall–Kier alpha value is -2.55. The molecular weight excluding hydrogens is 204 g/mol. The van der Waals surface area contributed by atoms with Crippen molar-refractivity contribution in [1.82, 2.24) is 15.2 Å². The molecule has 6 heteroatoms. The van der Waals surface area contributed by atoms with Crippen molar-refractivity contribution in [2.75, 3.05) is 11.1 Å². The van der Waals surface area contributed by atoms with E-state index in [1.807, 2.05) is 6.07 Å². The van der Waals surface area contributed by atoms with Crippen LogP contribution in [0.4, 0.5) is 11.5 Å². The molecule has 2 rings (SSSR count). The first-order valence-electron chi connectivity index (χ1n) is 4.67. The summed E-state index contributed by atoms with van der Waals surface area (Å²) < 4.78 is 0. The van der Waals surface area contributed by atoms with Crippen LogP contribution in [0.2, 0.25) is 0 Å². The molecule has 0 atom stereocenters. The van der Waals surface area contributed by atoms with E-state index < -0.39 is 0 Å². The number of aromatic amines is 1. The van der Waals surface area contributed by atoms with Gasteiger partial charge in [0.05, 0.1) is 6.20 Å². The molecule has 0 saturated heterocycles. The van der Waals surface area contributed by atoms with Crippen molar-refractivity contribution >= 4 is 11.5 Å². The summed E-state index contributed by atoms with van der Waals surface area (Å²) >= 11 is 0. The Bertz CT molecular complexity index is 524. The SMILES string of the molecule is N#Cc1cc(NCc2cn[nH]c2N)ccn1. The lowest BCUT2D eigenvalue weighted by Crippen LogP contribution is -2.01. The summed E-state index contributed by atoms with van der Waals surface area (Å²) in [5, 5.41) is 18.3. The van der Waals surface area contributed by atoms with Crippen molar-refractivity contribution in [3.05, 3.63) is 35.8 Å². The van der Waals surface area contributed by atoms with Crippen LogP contribution in [-0.4, -0.2) is 15.2 Å². The van der Waals surface area contributed by atoms with Crippen LogP contribution in [0.3, 0.4) is 0 Å². The maximum Gasteiger partial charge on any atom is 0.142 e. The van der Waals surface area contributed by atoms with E-state index in [4.69, 9.17) is 11.0 Å². The van der Waals surface area contributed by atoms with Crippen molar-refractivity contribution in [1.29, 1.82) is 5.26 Å². The smallest absolute Gasteiger partial charge is 0.142 e. The third-order valence-electron chi connectivity index (χ3n) is 2.11. The maximum absolute atomic E-state index is 8.68. The Morgan fingerprint density at radius 3 is 3.12 bits per heavy atom. The van der Waals surface area contributed by atoms with Gasteiger partial charge in [0.1, 0.15) is 17.6 Å². The highest BCUT2D eigenvalue weighted by Gasteiger charge is 2.01. The van der Waals surface area contributed by atoms with Crippen molar-refractivity contribution in [3.8, 4) is 6.07 Å². The van der Waals surface area contributed by atoms with Crippen LogP contribution in [0.15, 0.2) is 24.5 Å². The molecule has 0 radical (unpaired) electrons. The highest BCUT2D eigenvalue weighted by Crippen LogP contribution is 2.11. The van der Waals surface area contributed by atoms with Gasteiger partial charge in [-0.3, -0.25) is 5.10 Å². The Morgan fingerprint density at radius 1 is 1.56 bits per heavy atom. The molecule has 0 saturated carbocycles. The fourth-order valence-corrected chi connectivity index (χ4v) is 1.26. The van der Waals surface area contributed by atoms with Gasteiger partial charge in [0.15, 0.2) is 0 Å². The molecule has 0 unspecified atom stereocenters. The quantitative estimate of drug-likeness (QED) is 0.703. The van der Waals surface area contributed by atoms with E-state index in [9.17, 15) is 0 Å². The number of anilines is 2. The summed E-state index contributed by atoms with van der Waals surface area (Å²) in [4.78, 5) is 3.88. The molecule has 2 aromatic rings. The van der Waals surface area contributed by atoms with Crippen molar-refractivity contribution in [2.24, 2.45) is 0 Å². The molecule has 0 aliphatic rings. The van der Waals surface area contributed by atoms with Crippen LogP contribution in [0.25, 0.3) is 0 Å². The first kappa shape index (κ1) is 9.98. The molecule has 0 fully saturated rings. The molecule has 0 amide bonds. The summed E-state index contributed by atoms with van der Waals surface area (Å²) in [5.41, 5.74) is 7.73. The number of nitrogen functional groups attached to an aromatic ring is 1. The van der Waals surface area contributed by atoms with Gasteiger partial charge >= 0.3 is 0 Å². The normalized spacial score (nSPS) is 9.69. The fraction of sp³-hybridized carbons (Fsp3) is 0.100. The summed E-state index contributed by atoms with van der Waals surface area (Å²) in [5.74, 6) is 0.544.